The van der Waals surface area contributed by atoms with Gasteiger partial charge in [-0.1, -0.05) is 13.3 Å². The number of rotatable bonds is 2. The summed E-state index contributed by atoms with van der Waals surface area (Å²) in [5.41, 5.74) is 5.97. The van der Waals surface area contributed by atoms with E-state index in [9.17, 15) is 4.79 Å². The minimum absolute atomic E-state index is 0.212. The van der Waals surface area contributed by atoms with Gasteiger partial charge in [0.25, 0.3) is 0 Å². The third kappa shape index (κ3) is 2.29. The number of carbonyl (C=O) groups is 1. The van der Waals surface area contributed by atoms with Crippen LogP contribution in [0.15, 0.2) is 0 Å². The summed E-state index contributed by atoms with van der Waals surface area (Å²) >= 11 is 0. The van der Waals surface area contributed by atoms with Crippen LogP contribution in [0.25, 0.3) is 0 Å². The van der Waals surface area contributed by atoms with Crippen molar-refractivity contribution in [2.45, 2.75) is 64.0 Å². The van der Waals surface area contributed by atoms with E-state index in [0.29, 0.717) is 23.9 Å². The Kier molecular flexibility index (Phi) is 3.35. The summed E-state index contributed by atoms with van der Waals surface area (Å²) in [4.78, 5) is 12.4. The Labute approximate surface area is 110 Å². The Hall–Kier alpha value is -0.570. The summed E-state index contributed by atoms with van der Waals surface area (Å²) in [5.74, 6) is 2.65. The fraction of sp³-hybridized carbons (Fsp3) is 0.933. The normalized spacial score (nSPS) is 47.2. The standard InChI is InChI=1S/C15H26N2O/c1-9-6-12(16)4-5-13(9)15(18)17-14-8-10-2-3-11(14)7-10/h9-14H,2-8,16H2,1H3,(H,17,18). The lowest BCUT2D eigenvalue weighted by Crippen LogP contribution is -2.46. The third-order valence-corrected chi connectivity index (χ3v) is 5.61. The first-order valence-corrected chi connectivity index (χ1v) is 7.69. The lowest BCUT2D eigenvalue weighted by atomic mass is 9.77. The molecule has 0 aromatic heterocycles. The van der Waals surface area contributed by atoms with Crippen LogP contribution in [-0.2, 0) is 4.79 Å². The molecule has 0 aliphatic heterocycles. The van der Waals surface area contributed by atoms with Crippen molar-refractivity contribution in [2.24, 2.45) is 29.4 Å². The number of nitrogens with one attached hydrogen (secondary N) is 1. The Morgan fingerprint density at radius 1 is 1.11 bits per heavy atom. The van der Waals surface area contributed by atoms with E-state index in [0.717, 1.165) is 31.1 Å². The lowest BCUT2D eigenvalue weighted by molar-refractivity contribution is -0.128. The summed E-state index contributed by atoms with van der Waals surface area (Å²) in [6, 6.07) is 0.797. The van der Waals surface area contributed by atoms with Crippen LogP contribution < -0.4 is 11.1 Å². The summed E-state index contributed by atoms with van der Waals surface area (Å²) in [7, 11) is 0. The molecule has 3 N–H and O–H groups in total. The van der Waals surface area contributed by atoms with Crippen LogP contribution in [0, 0.1) is 23.7 Å². The average molecular weight is 250 g/mol. The predicted octanol–water partition coefficient (Wildman–Crippen LogP) is 2.05. The molecule has 3 nitrogen and oxygen atoms in total. The van der Waals surface area contributed by atoms with Crippen molar-refractivity contribution in [3.8, 4) is 0 Å². The zero-order valence-electron chi connectivity index (χ0n) is 11.4. The van der Waals surface area contributed by atoms with Gasteiger partial charge in [0.05, 0.1) is 0 Å². The van der Waals surface area contributed by atoms with Gasteiger partial charge < -0.3 is 11.1 Å². The molecule has 1 amide bonds. The number of amides is 1. The van der Waals surface area contributed by atoms with Crippen LogP contribution in [0.2, 0.25) is 0 Å². The van der Waals surface area contributed by atoms with Gasteiger partial charge in [-0.3, -0.25) is 4.79 Å². The van der Waals surface area contributed by atoms with Gasteiger partial charge in [0.2, 0.25) is 5.91 Å². The SMILES string of the molecule is CC1CC(N)CCC1C(=O)NC1CC2CCC1C2. The maximum absolute atomic E-state index is 12.4. The van der Waals surface area contributed by atoms with Gasteiger partial charge in [0, 0.05) is 18.0 Å². The molecule has 0 radical (unpaired) electrons. The average Bonchev–Trinajstić information content (AvgIpc) is 2.90. The van der Waals surface area contributed by atoms with Crippen molar-refractivity contribution in [2.75, 3.05) is 0 Å². The molecule has 0 aromatic rings. The highest BCUT2D eigenvalue weighted by Gasteiger charge is 2.41. The number of carbonyl (C=O) groups excluding carboxylic acids is 1. The molecule has 0 spiro atoms. The predicted molar refractivity (Wildman–Crippen MR) is 71.9 cm³/mol. The molecule has 3 heteroatoms. The minimum Gasteiger partial charge on any atom is -0.353 e. The molecule has 2 bridgehead atoms. The van der Waals surface area contributed by atoms with Crippen LogP contribution in [0.1, 0.15) is 51.9 Å². The van der Waals surface area contributed by atoms with E-state index in [1.807, 2.05) is 0 Å². The van der Waals surface area contributed by atoms with E-state index in [1.165, 1.54) is 25.7 Å². The van der Waals surface area contributed by atoms with Crippen molar-refractivity contribution in [3.63, 3.8) is 0 Å². The molecule has 3 saturated carbocycles. The molecule has 0 heterocycles. The molecule has 6 unspecified atom stereocenters. The first-order chi connectivity index (χ1) is 8.63. The zero-order valence-corrected chi connectivity index (χ0v) is 11.4. The summed E-state index contributed by atoms with van der Waals surface area (Å²) in [5, 5.41) is 3.35. The molecule has 102 valence electrons. The third-order valence-electron chi connectivity index (χ3n) is 5.61. The molecule has 6 atom stereocenters. The van der Waals surface area contributed by atoms with Crippen LogP contribution in [0.5, 0.6) is 0 Å². The number of fused-ring (bicyclic) bond motifs is 2. The van der Waals surface area contributed by atoms with E-state index in [1.54, 1.807) is 0 Å². The highest BCUT2D eigenvalue weighted by molar-refractivity contribution is 5.79. The van der Waals surface area contributed by atoms with Gasteiger partial charge in [-0.25, -0.2) is 0 Å². The fourth-order valence-corrected chi connectivity index (χ4v) is 4.54. The van der Waals surface area contributed by atoms with Crippen LogP contribution in [-0.4, -0.2) is 18.0 Å². The molecular formula is C15H26N2O. The quantitative estimate of drug-likeness (QED) is 0.788. The maximum atomic E-state index is 12.4. The van der Waals surface area contributed by atoms with Crippen molar-refractivity contribution < 1.29 is 4.79 Å². The second kappa shape index (κ2) is 4.84. The van der Waals surface area contributed by atoms with Gasteiger partial charge in [0.15, 0.2) is 0 Å². The van der Waals surface area contributed by atoms with Gasteiger partial charge in [-0.15, -0.1) is 0 Å². The summed E-state index contributed by atoms with van der Waals surface area (Å²) in [6.07, 6.45) is 8.32. The topological polar surface area (TPSA) is 55.1 Å². The van der Waals surface area contributed by atoms with Crippen LogP contribution in [0.4, 0.5) is 0 Å². The first kappa shape index (κ1) is 12.5. The molecule has 3 aliphatic rings. The minimum atomic E-state index is 0.212. The van der Waals surface area contributed by atoms with Crippen molar-refractivity contribution in [3.05, 3.63) is 0 Å². The molecule has 3 rings (SSSR count). The monoisotopic (exact) mass is 250 g/mol. The fourth-order valence-electron chi connectivity index (χ4n) is 4.54. The highest BCUT2D eigenvalue weighted by Crippen LogP contribution is 2.44. The number of hydrogen-bond acceptors (Lipinski definition) is 2. The first-order valence-electron chi connectivity index (χ1n) is 7.69. The van der Waals surface area contributed by atoms with Crippen LogP contribution >= 0.6 is 0 Å². The highest BCUT2D eigenvalue weighted by atomic mass is 16.2. The Morgan fingerprint density at radius 3 is 2.56 bits per heavy atom. The molecular weight excluding hydrogens is 224 g/mol. The summed E-state index contributed by atoms with van der Waals surface area (Å²) in [6.45, 7) is 2.18. The van der Waals surface area contributed by atoms with Crippen molar-refractivity contribution in [1.29, 1.82) is 0 Å². The van der Waals surface area contributed by atoms with Crippen LogP contribution in [0.3, 0.4) is 0 Å². The van der Waals surface area contributed by atoms with E-state index in [-0.39, 0.29) is 5.92 Å². The molecule has 0 aromatic carbocycles. The van der Waals surface area contributed by atoms with Gasteiger partial charge >= 0.3 is 0 Å². The van der Waals surface area contributed by atoms with Crippen molar-refractivity contribution >= 4 is 5.91 Å². The lowest BCUT2D eigenvalue weighted by Gasteiger charge is -2.33. The Morgan fingerprint density at radius 2 is 1.94 bits per heavy atom. The van der Waals surface area contributed by atoms with Gasteiger partial charge in [0.1, 0.15) is 0 Å². The Balaban J connectivity index is 1.55. The van der Waals surface area contributed by atoms with E-state index >= 15 is 0 Å². The molecule has 18 heavy (non-hydrogen) atoms. The van der Waals surface area contributed by atoms with Gasteiger partial charge in [-0.2, -0.15) is 0 Å². The zero-order chi connectivity index (χ0) is 12.7. The smallest absolute Gasteiger partial charge is 0.223 e. The van der Waals surface area contributed by atoms with E-state index in [4.69, 9.17) is 5.73 Å². The Bertz CT molecular complexity index is 330. The number of hydrogen-bond donors (Lipinski definition) is 2. The largest absolute Gasteiger partial charge is 0.353 e. The van der Waals surface area contributed by atoms with Gasteiger partial charge in [-0.05, 0) is 56.3 Å². The summed E-state index contributed by atoms with van der Waals surface area (Å²) < 4.78 is 0. The number of nitrogens with two attached hydrogens (primary N) is 1. The molecule has 3 aliphatic carbocycles. The van der Waals surface area contributed by atoms with E-state index < -0.39 is 0 Å². The maximum Gasteiger partial charge on any atom is 0.223 e. The second-order valence-electron chi connectivity index (χ2n) is 6.95. The molecule has 0 saturated heterocycles. The van der Waals surface area contributed by atoms with Crippen molar-refractivity contribution in [1.82, 2.24) is 5.32 Å². The van der Waals surface area contributed by atoms with E-state index in [2.05, 4.69) is 12.2 Å². The molecule has 3 fully saturated rings. The second-order valence-corrected chi connectivity index (χ2v) is 6.95.